The van der Waals surface area contributed by atoms with Gasteiger partial charge in [-0.05, 0) is 63.2 Å². The number of rotatable bonds is 8. The van der Waals surface area contributed by atoms with E-state index in [9.17, 15) is 4.79 Å². The van der Waals surface area contributed by atoms with Crippen LogP contribution in [-0.4, -0.2) is 30.2 Å². The molecule has 2 fully saturated rings. The molecule has 2 aliphatic carbocycles. The van der Waals surface area contributed by atoms with E-state index >= 15 is 0 Å². The molecule has 0 heterocycles. The van der Waals surface area contributed by atoms with E-state index in [4.69, 9.17) is 8.85 Å². The molecule has 0 spiro atoms. The first-order valence-electron chi connectivity index (χ1n) is 9.55. The molecule has 0 aromatic heterocycles. The van der Waals surface area contributed by atoms with Crippen molar-refractivity contribution < 1.29 is 13.6 Å². The summed E-state index contributed by atoms with van der Waals surface area (Å²) >= 11 is 0. The maximum Gasteiger partial charge on any atom is 0.295 e. The maximum absolute atomic E-state index is 12.7. The van der Waals surface area contributed by atoms with Crippen LogP contribution in [0.15, 0.2) is 0 Å². The van der Waals surface area contributed by atoms with Crippen LogP contribution in [0.2, 0.25) is 23.7 Å². The summed E-state index contributed by atoms with van der Waals surface area (Å²) in [6, 6.07) is 0.802. The van der Waals surface area contributed by atoms with Crippen LogP contribution in [0.5, 0.6) is 0 Å². The molecule has 2 aliphatic rings. The van der Waals surface area contributed by atoms with E-state index in [1.807, 2.05) is 20.8 Å². The first-order chi connectivity index (χ1) is 10.9. The van der Waals surface area contributed by atoms with Gasteiger partial charge in [0.25, 0.3) is 14.3 Å². The van der Waals surface area contributed by atoms with Crippen molar-refractivity contribution in [3.63, 3.8) is 0 Å². The molecule has 0 aliphatic heterocycles. The SMILES string of the molecule is CC(C)O[Si]CC(C)C(=O)O[Si](C)(C1CCCC1)C1CCCC1. The number of hydrogen-bond acceptors (Lipinski definition) is 3. The quantitative estimate of drug-likeness (QED) is 0.569. The third-order valence-corrected chi connectivity index (χ3v) is 12.2. The standard InChI is InChI=1S/C18H34O3Si2/c1-14(2)20-22-13-15(3)18(19)21-23(4,16-9-5-6-10-16)17-11-7-8-12-17/h14-17H,5-13H2,1-4H3. The van der Waals surface area contributed by atoms with Crippen molar-refractivity contribution in [3.05, 3.63) is 0 Å². The molecule has 23 heavy (non-hydrogen) atoms. The van der Waals surface area contributed by atoms with Crippen molar-refractivity contribution in [1.29, 1.82) is 0 Å². The fraction of sp³-hybridized carbons (Fsp3) is 0.944. The zero-order valence-electron chi connectivity index (χ0n) is 15.4. The van der Waals surface area contributed by atoms with E-state index in [1.54, 1.807) is 0 Å². The number of carbonyl (C=O) groups is 1. The molecule has 0 amide bonds. The van der Waals surface area contributed by atoms with Gasteiger partial charge in [-0.3, -0.25) is 4.79 Å². The van der Waals surface area contributed by atoms with Crippen LogP contribution in [-0.2, 0) is 13.6 Å². The monoisotopic (exact) mass is 354 g/mol. The fourth-order valence-corrected chi connectivity index (χ4v) is 9.83. The highest BCUT2D eigenvalue weighted by Gasteiger charge is 2.50. The molecule has 1 unspecified atom stereocenters. The van der Waals surface area contributed by atoms with Gasteiger partial charge in [-0.2, -0.15) is 0 Å². The lowest BCUT2D eigenvalue weighted by atomic mass is 10.2. The fourth-order valence-electron chi connectivity index (χ4n) is 4.24. The zero-order chi connectivity index (χ0) is 16.9. The van der Waals surface area contributed by atoms with E-state index in [1.165, 1.54) is 51.4 Å². The first-order valence-corrected chi connectivity index (χ1v) is 13.2. The van der Waals surface area contributed by atoms with Crippen LogP contribution >= 0.6 is 0 Å². The second kappa shape index (κ2) is 8.81. The lowest BCUT2D eigenvalue weighted by molar-refractivity contribution is -0.139. The molecule has 0 N–H and O–H groups in total. The van der Waals surface area contributed by atoms with Crippen LogP contribution < -0.4 is 0 Å². The van der Waals surface area contributed by atoms with Gasteiger partial charge in [-0.15, -0.1) is 0 Å². The summed E-state index contributed by atoms with van der Waals surface area (Å²) in [6.07, 6.45) is 10.7. The molecule has 2 radical (unpaired) electrons. The van der Waals surface area contributed by atoms with Crippen LogP contribution in [0.3, 0.4) is 0 Å². The topological polar surface area (TPSA) is 35.5 Å². The lowest BCUT2D eigenvalue weighted by Crippen LogP contribution is -2.46. The van der Waals surface area contributed by atoms with Crippen LogP contribution in [0.1, 0.15) is 72.1 Å². The van der Waals surface area contributed by atoms with Gasteiger partial charge in [0.15, 0.2) is 0 Å². The summed E-state index contributed by atoms with van der Waals surface area (Å²) in [5, 5.41) is 0. The molecule has 5 heteroatoms. The van der Waals surface area contributed by atoms with Crippen molar-refractivity contribution in [2.75, 3.05) is 0 Å². The molecular weight excluding hydrogens is 320 g/mol. The minimum absolute atomic E-state index is 0.0262. The second-order valence-corrected chi connectivity index (χ2v) is 13.1. The third kappa shape index (κ3) is 5.17. The van der Waals surface area contributed by atoms with Crippen molar-refractivity contribution in [2.45, 2.75) is 102 Å². The van der Waals surface area contributed by atoms with Crippen molar-refractivity contribution in [1.82, 2.24) is 0 Å². The van der Waals surface area contributed by atoms with E-state index in [0.29, 0.717) is 20.8 Å². The Kier molecular flexibility index (Phi) is 7.35. The van der Waals surface area contributed by atoms with Crippen molar-refractivity contribution in [2.24, 2.45) is 5.92 Å². The summed E-state index contributed by atoms with van der Waals surface area (Å²) in [6.45, 7) is 8.47. The van der Waals surface area contributed by atoms with Crippen LogP contribution in [0.4, 0.5) is 0 Å². The average Bonchev–Trinajstić information content (AvgIpc) is 3.20. The Hall–Kier alpha value is -0.136. The third-order valence-electron chi connectivity index (χ3n) is 5.76. The Balaban J connectivity index is 1.94. The molecule has 0 bridgehead atoms. The van der Waals surface area contributed by atoms with E-state index in [2.05, 4.69) is 6.55 Å². The van der Waals surface area contributed by atoms with E-state index < -0.39 is 8.32 Å². The van der Waals surface area contributed by atoms with Crippen LogP contribution in [0, 0.1) is 5.92 Å². The summed E-state index contributed by atoms with van der Waals surface area (Å²) in [4.78, 5) is 12.7. The van der Waals surface area contributed by atoms with E-state index in [-0.39, 0.29) is 18.0 Å². The normalized spacial score (nSPS) is 22.0. The smallest absolute Gasteiger partial charge is 0.295 e. The molecule has 0 aromatic rings. The van der Waals surface area contributed by atoms with Gasteiger partial charge in [-0.1, -0.05) is 32.6 Å². The minimum Gasteiger partial charge on any atom is -0.519 e. The van der Waals surface area contributed by atoms with Gasteiger partial charge in [-0.25, -0.2) is 0 Å². The molecule has 3 nitrogen and oxygen atoms in total. The van der Waals surface area contributed by atoms with Gasteiger partial charge < -0.3 is 8.85 Å². The molecule has 1 atom stereocenters. The zero-order valence-corrected chi connectivity index (χ0v) is 17.4. The van der Waals surface area contributed by atoms with Crippen LogP contribution in [0.25, 0.3) is 0 Å². The number of carbonyl (C=O) groups excluding carboxylic acids is 1. The maximum atomic E-state index is 12.7. The largest absolute Gasteiger partial charge is 0.519 e. The summed E-state index contributed by atoms with van der Waals surface area (Å²) in [5.74, 6) is 0.0273. The summed E-state index contributed by atoms with van der Waals surface area (Å²) in [7, 11) is -1.56. The van der Waals surface area contributed by atoms with Crippen molar-refractivity contribution in [3.8, 4) is 0 Å². The molecule has 132 valence electrons. The van der Waals surface area contributed by atoms with Crippen molar-refractivity contribution >= 4 is 24.0 Å². The Morgan fingerprint density at radius 1 is 1.04 bits per heavy atom. The molecule has 0 saturated heterocycles. The molecule has 2 saturated carbocycles. The predicted molar refractivity (Wildman–Crippen MR) is 98.1 cm³/mol. The molecular formula is C18H34O3Si2. The van der Waals surface area contributed by atoms with Gasteiger partial charge >= 0.3 is 0 Å². The second-order valence-electron chi connectivity index (χ2n) is 7.98. The highest BCUT2D eigenvalue weighted by Crippen LogP contribution is 2.50. The predicted octanol–water partition coefficient (Wildman–Crippen LogP) is 5.09. The molecule has 2 rings (SSSR count). The highest BCUT2D eigenvalue weighted by molar-refractivity contribution is 6.76. The average molecular weight is 355 g/mol. The Morgan fingerprint density at radius 3 is 1.96 bits per heavy atom. The van der Waals surface area contributed by atoms with Gasteiger partial charge in [0, 0.05) is 6.10 Å². The summed E-state index contributed by atoms with van der Waals surface area (Å²) < 4.78 is 12.0. The first kappa shape index (κ1) is 19.2. The summed E-state index contributed by atoms with van der Waals surface area (Å²) in [5.41, 5.74) is 1.41. The van der Waals surface area contributed by atoms with E-state index in [0.717, 1.165) is 6.04 Å². The lowest BCUT2D eigenvalue weighted by Gasteiger charge is -2.38. The molecule has 0 aromatic carbocycles. The Labute approximate surface area is 146 Å². The van der Waals surface area contributed by atoms with Gasteiger partial charge in [0.2, 0.25) is 9.76 Å². The minimum atomic E-state index is -1.96. The number of hydrogen-bond donors (Lipinski definition) is 0. The van der Waals surface area contributed by atoms with Gasteiger partial charge in [0.1, 0.15) is 0 Å². The Bertz CT molecular complexity index is 358. The van der Waals surface area contributed by atoms with Gasteiger partial charge in [0.05, 0.1) is 5.92 Å². The highest BCUT2D eigenvalue weighted by atomic mass is 28.4. The Morgan fingerprint density at radius 2 is 1.52 bits per heavy atom.